The number of anilines is 2. The number of nitrogens with zero attached hydrogens (tertiary/aromatic N) is 3. The Hall–Kier alpha value is -2.87. The fourth-order valence-corrected chi connectivity index (χ4v) is 3.01. The van der Waals surface area contributed by atoms with Gasteiger partial charge in [-0.3, -0.25) is 9.78 Å². The number of aromatic nitrogens is 2. The van der Waals surface area contributed by atoms with Crippen molar-refractivity contribution in [3.05, 3.63) is 42.0 Å². The smallest absolute Gasteiger partial charge is 0.252 e. The summed E-state index contributed by atoms with van der Waals surface area (Å²) in [5, 5.41) is 6.16. The highest BCUT2D eigenvalue weighted by atomic mass is 19.1. The summed E-state index contributed by atoms with van der Waals surface area (Å²) in [7, 11) is 1.92. The quantitative estimate of drug-likeness (QED) is 0.764. The van der Waals surface area contributed by atoms with Crippen molar-refractivity contribution in [2.75, 3.05) is 12.4 Å². The number of aliphatic imine (C=N–C) groups is 1. The molecule has 0 spiro atoms. The highest BCUT2D eigenvalue weighted by Gasteiger charge is 2.19. The number of carbonyl (C=O) groups is 1. The van der Waals surface area contributed by atoms with Crippen molar-refractivity contribution in [1.82, 2.24) is 15.3 Å². The van der Waals surface area contributed by atoms with E-state index in [0.29, 0.717) is 11.5 Å². The van der Waals surface area contributed by atoms with Crippen molar-refractivity contribution in [1.29, 1.82) is 0 Å². The maximum absolute atomic E-state index is 13.4. The Morgan fingerprint density at radius 3 is 2.92 bits per heavy atom. The van der Waals surface area contributed by atoms with Crippen LogP contribution < -0.4 is 16.4 Å². The summed E-state index contributed by atoms with van der Waals surface area (Å²) in [4.78, 5) is 24.5. The van der Waals surface area contributed by atoms with Crippen molar-refractivity contribution in [2.45, 2.75) is 31.7 Å². The fourth-order valence-electron chi connectivity index (χ4n) is 3.01. The van der Waals surface area contributed by atoms with Crippen LogP contribution in [0.15, 0.2) is 35.6 Å². The van der Waals surface area contributed by atoms with Crippen LogP contribution in [0.1, 0.15) is 36.0 Å². The van der Waals surface area contributed by atoms with Crippen molar-refractivity contribution < 1.29 is 9.18 Å². The van der Waals surface area contributed by atoms with E-state index >= 15 is 0 Å². The van der Waals surface area contributed by atoms with E-state index in [-0.39, 0.29) is 17.4 Å². The van der Waals surface area contributed by atoms with Gasteiger partial charge in [-0.1, -0.05) is 6.42 Å². The van der Waals surface area contributed by atoms with Crippen LogP contribution in [-0.4, -0.2) is 34.7 Å². The zero-order valence-electron chi connectivity index (χ0n) is 14.5. The van der Waals surface area contributed by atoms with Crippen LogP contribution >= 0.6 is 0 Å². The number of nitrogens with one attached hydrogen (secondary N) is 2. The molecular formula is C18H21FN6O. The largest absolute Gasteiger partial charge is 0.365 e. The molecule has 0 saturated heterocycles. The van der Waals surface area contributed by atoms with Crippen molar-refractivity contribution in [3.63, 3.8) is 0 Å². The van der Waals surface area contributed by atoms with Gasteiger partial charge in [-0.05, 0) is 38.4 Å². The highest BCUT2D eigenvalue weighted by Crippen LogP contribution is 2.24. The molecule has 8 heteroatoms. The molecule has 1 aliphatic carbocycles. The Balaban J connectivity index is 1.94. The number of amides is 1. The van der Waals surface area contributed by atoms with Gasteiger partial charge in [0.25, 0.3) is 5.91 Å². The molecule has 2 aromatic rings. The van der Waals surface area contributed by atoms with Gasteiger partial charge < -0.3 is 16.4 Å². The number of halogens is 1. The van der Waals surface area contributed by atoms with Crippen LogP contribution in [0.25, 0.3) is 0 Å². The Labute approximate surface area is 151 Å². The predicted molar refractivity (Wildman–Crippen MR) is 98.6 cm³/mol. The van der Waals surface area contributed by atoms with Gasteiger partial charge >= 0.3 is 0 Å². The molecule has 4 N–H and O–H groups in total. The number of hydrogen-bond donors (Lipinski definition) is 3. The maximum atomic E-state index is 13.4. The predicted octanol–water partition coefficient (Wildman–Crippen LogP) is 2.69. The first-order chi connectivity index (χ1) is 12.6. The van der Waals surface area contributed by atoms with Crippen molar-refractivity contribution >= 4 is 28.9 Å². The summed E-state index contributed by atoms with van der Waals surface area (Å²) >= 11 is 0. The minimum Gasteiger partial charge on any atom is -0.365 e. The zero-order chi connectivity index (χ0) is 18.5. The van der Waals surface area contributed by atoms with Gasteiger partial charge in [0.1, 0.15) is 11.6 Å². The third-order valence-corrected chi connectivity index (χ3v) is 4.30. The molecule has 1 amide bonds. The molecular weight excluding hydrogens is 335 g/mol. The minimum atomic E-state index is -0.630. The number of rotatable bonds is 5. The van der Waals surface area contributed by atoms with E-state index in [2.05, 4.69) is 25.6 Å². The van der Waals surface area contributed by atoms with Gasteiger partial charge in [0.15, 0.2) is 5.82 Å². The molecule has 2 heterocycles. The number of nitrogens with two attached hydrogens (primary N) is 1. The summed E-state index contributed by atoms with van der Waals surface area (Å²) in [6, 6.07) is 4.71. The summed E-state index contributed by atoms with van der Waals surface area (Å²) in [5.41, 5.74) is 7.03. The molecule has 1 saturated carbocycles. The first-order valence-corrected chi connectivity index (χ1v) is 8.50. The first kappa shape index (κ1) is 17.9. The molecule has 0 radical (unpaired) electrons. The molecule has 136 valence electrons. The average Bonchev–Trinajstić information content (AvgIpc) is 2.62. The second-order valence-corrected chi connectivity index (χ2v) is 6.14. The molecule has 26 heavy (non-hydrogen) atoms. The van der Waals surface area contributed by atoms with Gasteiger partial charge in [0.05, 0.1) is 23.6 Å². The zero-order valence-corrected chi connectivity index (χ0v) is 14.5. The molecule has 0 bridgehead atoms. The lowest BCUT2D eigenvalue weighted by atomic mass is 9.93. The molecule has 1 unspecified atom stereocenters. The van der Waals surface area contributed by atoms with E-state index in [1.54, 1.807) is 12.1 Å². The molecule has 3 rings (SSSR count). The Morgan fingerprint density at radius 2 is 2.19 bits per heavy atom. The van der Waals surface area contributed by atoms with Gasteiger partial charge in [-0.25, -0.2) is 14.4 Å². The lowest BCUT2D eigenvalue weighted by Crippen LogP contribution is -2.36. The molecule has 1 fully saturated rings. The normalized spacial score (nSPS) is 18.7. The van der Waals surface area contributed by atoms with Gasteiger partial charge in [-0.15, -0.1) is 0 Å². The summed E-state index contributed by atoms with van der Waals surface area (Å²) in [6.07, 6.45) is 6.73. The number of carbonyl (C=O) groups excluding carboxylic acids is 1. The van der Waals surface area contributed by atoms with Gasteiger partial charge in [-0.2, -0.15) is 0 Å². The van der Waals surface area contributed by atoms with E-state index < -0.39 is 11.7 Å². The van der Waals surface area contributed by atoms with E-state index in [1.165, 1.54) is 12.3 Å². The number of hydrogen-bond acceptors (Lipinski definition) is 6. The monoisotopic (exact) mass is 356 g/mol. The maximum Gasteiger partial charge on any atom is 0.252 e. The van der Waals surface area contributed by atoms with Crippen LogP contribution in [0.5, 0.6) is 0 Å². The lowest BCUT2D eigenvalue weighted by molar-refractivity contribution is 0.100. The summed E-state index contributed by atoms with van der Waals surface area (Å²) < 4.78 is 13.4. The lowest BCUT2D eigenvalue weighted by Gasteiger charge is -2.23. The molecule has 1 aliphatic rings. The minimum absolute atomic E-state index is 0.201. The second-order valence-electron chi connectivity index (χ2n) is 6.14. The Morgan fingerprint density at radius 1 is 1.35 bits per heavy atom. The van der Waals surface area contributed by atoms with E-state index in [9.17, 15) is 9.18 Å². The molecule has 0 aliphatic heterocycles. The van der Waals surface area contributed by atoms with E-state index in [1.807, 2.05) is 7.05 Å². The fraction of sp³-hybridized carbons (Fsp3) is 0.333. The van der Waals surface area contributed by atoms with Gasteiger partial charge in [0.2, 0.25) is 0 Å². The van der Waals surface area contributed by atoms with E-state index in [0.717, 1.165) is 37.6 Å². The van der Waals surface area contributed by atoms with Gasteiger partial charge in [0, 0.05) is 17.8 Å². The number of primary amides is 1. The highest BCUT2D eigenvalue weighted by molar-refractivity contribution is 5.99. The third-order valence-electron chi connectivity index (χ3n) is 4.30. The molecule has 7 nitrogen and oxygen atoms in total. The Bertz CT molecular complexity index is 838. The molecule has 0 aromatic carbocycles. The first-order valence-electron chi connectivity index (χ1n) is 8.50. The topological polar surface area (TPSA) is 105 Å². The summed E-state index contributed by atoms with van der Waals surface area (Å²) in [5.74, 6) is -0.428. The third kappa shape index (κ3) is 4.20. The van der Waals surface area contributed by atoms with E-state index in [4.69, 9.17) is 5.73 Å². The van der Waals surface area contributed by atoms with Crippen LogP contribution in [0.3, 0.4) is 0 Å². The average molecular weight is 356 g/mol. The molecule has 2 aromatic heterocycles. The number of pyridine rings is 2. The second kappa shape index (κ2) is 8.01. The van der Waals surface area contributed by atoms with Crippen LogP contribution in [0.4, 0.5) is 21.7 Å². The Kier molecular flexibility index (Phi) is 5.52. The summed E-state index contributed by atoms with van der Waals surface area (Å²) in [6.45, 7) is 0. The molecule has 1 atom stereocenters. The van der Waals surface area contributed by atoms with Crippen molar-refractivity contribution in [3.8, 4) is 0 Å². The van der Waals surface area contributed by atoms with Crippen LogP contribution in [0.2, 0.25) is 0 Å². The SMILES string of the molecule is CNC1CCCC/C1=N\c1ccc(C(N)=O)c(Nc2cncc(F)c2)n1. The van der Waals surface area contributed by atoms with Crippen molar-refractivity contribution in [2.24, 2.45) is 10.7 Å². The van der Waals surface area contributed by atoms with Crippen LogP contribution in [-0.2, 0) is 0 Å². The van der Waals surface area contributed by atoms with Crippen LogP contribution in [0, 0.1) is 5.82 Å². The standard InChI is InChI=1S/C18H21FN6O/c1-21-14-4-2-3-5-15(14)24-16-7-6-13(17(20)26)18(25-16)23-12-8-11(19)9-22-10-12/h6-10,14,21H,2-5H2,1H3,(H2,20,26)(H,23,25)/b24-15+.